The van der Waals surface area contributed by atoms with Crippen molar-refractivity contribution < 1.29 is 4.74 Å². The van der Waals surface area contributed by atoms with Gasteiger partial charge in [-0.3, -0.25) is 4.90 Å². The van der Waals surface area contributed by atoms with Gasteiger partial charge in [0.05, 0.1) is 13.2 Å². The lowest BCUT2D eigenvalue weighted by Gasteiger charge is -2.46. The maximum absolute atomic E-state index is 5.48. The Hall–Kier alpha value is -0.170. The Kier molecular flexibility index (Phi) is 5.84. The summed E-state index contributed by atoms with van der Waals surface area (Å²) in [4.78, 5) is 2.55. The van der Waals surface area contributed by atoms with Gasteiger partial charge in [-0.1, -0.05) is 12.1 Å². The highest BCUT2D eigenvalue weighted by Crippen LogP contribution is 2.23. The first-order valence-electron chi connectivity index (χ1n) is 7.28. The highest BCUT2D eigenvalue weighted by Gasteiger charge is 2.35. The average Bonchev–Trinajstić information content (AvgIpc) is 2.47. The van der Waals surface area contributed by atoms with E-state index in [9.17, 15) is 0 Å². The Bertz CT molecular complexity index is 413. The minimum absolute atomic E-state index is 0.127. The van der Waals surface area contributed by atoms with Crippen LogP contribution in [0.3, 0.4) is 0 Å². The molecular weight excluding hydrogens is 363 g/mol. The van der Waals surface area contributed by atoms with E-state index in [0.29, 0.717) is 6.04 Å². The lowest BCUT2D eigenvalue weighted by molar-refractivity contribution is -0.0223. The van der Waals surface area contributed by atoms with Crippen LogP contribution in [0.2, 0.25) is 0 Å². The lowest BCUT2D eigenvalue weighted by atomic mass is 9.87. The molecule has 1 aromatic carbocycles. The van der Waals surface area contributed by atoms with Gasteiger partial charge in [0.25, 0.3) is 0 Å². The summed E-state index contributed by atoms with van der Waals surface area (Å²) in [5.41, 5.74) is 1.52. The number of ether oxygens (including phenoxy) is 1. The summed E-state index contributed by atoms with van der Waals surface area (Å²) >= 11 is 2.35. The van der Waals surface area contributed by atoms with Crippen LogP contribution in [0, 0.1) is 3.57 Å². The lowest BCUT2D eigenvalue weighted by Crippen LogP contribution is -2.60. The summed E-state index contributed by atoms with van der Waals surface area (Å²) in [5.74, 6) is 0. The predicted octanol–water partition coefficient (Wildman–Crippen LogP) is 2.53. The number of halogens is 1. The van der Waals surface area contributed by atoms with E-state index in [2.05, 4.69) is 78.0 Å². The molecule has 1 aliphatic rings. The van der Waals surface area contributed by atoms with Crippen molar-refractivity contribution in [3.8, 4) is 0 Å². The van der Waals surface area contributed by atoms with E-state index in [4.69, 9.17) is 4.74 Å². The summed E-state index contributed by atoms with van der Waals surface area (Å²) in [5, 5.41) is 3.52. The Morgan fingerprint density at radius 3 is 2.40 bits per heavy atom. The number of likely N-dealkylation sites (N-methyl/N-ethyl adjacent to an activating group) is 1. The monoisotopic (exact) mass is 388 g/mol. The quantitative estimate of drug-likeness (QED) is 0.785. The molecule has 0 bridgehead atoms. The number of morpholine rings is 1. The van der Waals surface area contributed by atoms with Crippen molar-refractivity contribution in [1.29, 1.82) is 0 Å². The molecule has 0 spiro atoms. The molecule has 1 unspecified atom stereocenters. The van der Waals surface area contributed by atoms with Gasteiger partial charge in [-0.05, 0) is 67.6 Å². The number of nitrogens with one attached hydrogen (secondary N) is 1. The zero-order valence-electron chi connectivity index (χ0n) is 12.7. The number of hydrogen-bond acceptors (Lipinski definition) is 3. The second-order valence-electron chi connectivity index (χ2n) is 5.92. The van der Waals surface area contributed by atoms with Crippen LogP contribution in [0.1, 0.15) is 19.4 Å². The molecule has 4 heteroatoms. The Labute approximate surface area is 136 Å². The third kappa shape index (κ3) is 3.93. The molecule has 2 rings (SSSR count). The van der Waals surface area contributed by atoms with Crippen molar-refractivity contribution in [1.82, 2.24) is 10.2 Å². The Balaban J connectivity index is 2.07. The van der Waals surface area contributed by atoms with Crippen LogP contribution in [0.5, 0.6) is 0 Å². The minimum atomic E-state index is 0.127. The number of hydrogen-bond donors (Lipinski definition) is 1. The molecule has 1 aromatic rings. The smallest absolute Gasteiger partial charge is 0.0594 e. The van der Waals surface area contributed by atoms with Gasteiger partial charge in [0.15, 0.2) is 0 Å². The Morgan fingerprint density at radius 1 is 1.25 bits per heavy atom. The minimum Gasteiger partial charge on any atom is -0.379 e. The van der Waals surface area contributed by atoms with Crippen molar-refractivity contribution in [3.05, 3.63) is 33.4 Å². The highest BCUT2D eigenvalue weighted by atomic mass is 127. The standard InChI is InChI=1S/C16H25IN2O/c1-16(2,19-8-10-20-11-9-19)15(18-3)12-13-4-6-14(17)7-5-13/h4-7,15,18H,8-12H2,1-3H3. The molecule has 1 atom stereocenters. The molecule has 0 radical (unpaired) electrons. The number of nitrogens with zero attached hydrogens (tertiary/aromatic N) is 1. The molecule has 0 amide bonds. The van der Waals surface area contributed by atoms with Crippen LogP contribution in [0.15, 0.2) is 24.3 Å². The zero-order chi connectivity index (χ0) is 14.6. The van der Waals surface area contributed by atoms with Gasteiger partial charge in [-0.25, -0.2) is 0 Å². The molecule has 1 N–H and O–H groups in total. The van der Waals surface area contributed by atoms with Crippen molar-refractivity contribution in [2.45, 2.75) is 31.8 Å². The fourth-order valence-corrected chi connectivity index (χ4v) is 3.28. The molecule has 0 saturated carbocycles. The van der Waals surface area contributed by atoms with Gasteiger partial charge in [-0.15, -0.1) is 0 Å². The summed E-state index contributed by atoms with van der Waals surface area (Å²) < 4.78 is 6.77. The molecule has 1 heterocycles. The third-order valence-electron chi connectivity index (χ3n) is 4.38. The topological polar surface area (TPSA) is 24.5 Å². The van der Waals surface area contributed by atoms with Crippen LogP contribution in [0.25, 0.3) is 0 Å². The van der Waals surface area contributed by atoms with Gasteiger partial charge in [0, 0.05) is 28.2 Å². The largest absolute Gasteiger partial charge is 0.379 e. The fraction of sp³-hybridized carbons (Fsp3) is 0.625. The molecule has 1 saturated heterocycles. The van der Waals surface area contributed by atoms with Gasteiger partial charge < -0.3 is 10.1 Å². The first-order valence-corrected chi connectivity index (χ1v) is 8.36. The van der Waals surface area contributed by atoms with Crippen LogP contribution in [-0.2, 0) is 11.2 Å². The maximum atomic E-state index is 5.48. The normalized spacial score (nSPS) is 19.0. The van der Waals surface area contributed by atoms with Gasteiger partial charge in [0.2, 0.25) is 0 Å². The zero-order valence-corrected chi connectivity index (χ0v) is 14.8. The molecule has 1 fully saturated rings. The van der Waals surface area contributed by atoms with Gasteiger partial charge >= 0.3 is 0 Å². The predicted molar refractivity (Wildman–Crippen MR) is 92.2 cm³/mol. The first-order chi connectivity index (χ1) is 9.54. The van der Waals surface area contributed by atoms with E-state index in [1.807, 2.05) is 0 Å². The SMILES string of the molecule is CNC(Cc1ccc(I)cc1)C(C)(C)N1CCOCC1. The second-order valence-corrected chi connectivity index (χ2v) is 7.17. The molecule has 112 valence electrons. The number of benzene rings is 1. The van der Waals surface area contributed by atoms with Crippen molar-refractivity contribution in [2.75, 3.05) is 33.4 Å². The molecule has 3 nitrogen and oxygen atoms in total. The summed E-state index contributed by atoms with van der Waals surface area (Å²) in [6.45, 7) is 8.43. The van der Waals surface area contributed by atoms with Crippen LogP contribution in [0.4, 0.5) is 0 Å². The molecule has 1 aliphatic heterocycles. The van der Waals surface area contributed by atoms with E-state index >= 15 is 0 Å². The van der Waals surface area contributed by atoms with E-state index in [-0.39, 0.29) is 5.54 Å². The van der Waals surface area contributed by atoms with Crippen molar-refractivity contribution in [3.63, 3.8) is 0 Å². The molecule has 20 heavy (non-hydrogen) atoms. The molecule has 0 aliphatic carbocycles. The van der Waals surface area contributed by atoms with Crippen LogP contribution >= 0.6 is 22.6 Å². The number of rotatable bonds is 5. The van der Waals surface area contributed by atoms with E-state index in [1.165, 1.54) is 9.13 Å². The van der Waals surface area contributed by atoms with Crippen LogP contribution in [-0.4, -0.2) is 49.8 Å². The van der Waals surface area contributed by atoms with E-state index < -0.39 is 0 Å². The Morgan fingerprint density at radius 2 is 1.85 bits per heavy atom. The fourth-order valence-electron chi connectivity index (χ4n) is 2.92. The van der Waals surface area contributed by atoms with Gasteiger partial charge in [0.1, 0.15) is 0 Å². The maximum Gasteiger partial charge on any atom is 0.0594 e. The summed E-state index contributed by atoms with van der Waals surface area (Å²) in [6.07, 6.45) is 1.05. The summed E-state index contributed by atoms with van der Waals surface area (Å²) in [7, 11) is 2.07. The molecular formula is C16H25IN2O. The first kappa shape index (κ1) is 16.2. The van der Waals surface area contributed by atoms with Crippen molar-refractivity contribution in [2.24, 2.45) is 0 Å². The van der Waals surface area contributed by atoms with Gasteiger partial charge in [-0.2, -0.15) is 0 Å². The third-order valence-corrected chi connectivity index (χ3v) is 5.10. The molecule has 0 aromatic heterocycles. The van der Waals surface area contributed by atoms with Crippen molar-refractivity contribution >= 4 is 22.6 Å². The average molecular weight is 388 g/mol. The summed E-state index contributed by atoms with van der Waals surface area (Å²) in [6, 6.07) is 9.28. The van der Waals surface area contributed by atoms with E-state index in [1.54, 1.807) is 0 Å². The van der Waals surface area contributed by atoms with E-state index in [0.717, 1.165) is 32.7 Å². The highest BCUT2D eigenvalue weighted by molar-refractivity contribution is 14.1. The second kappa shape index (κ2) is 7.20. The van der Waals surface area contributed by atoms with Crippen LogP contribution < -0.4 is 5.32 Å².